The molecule has 5 heteroatoms. The zero-order valence-electron chi connectivity index (χ0n) is 15.8. The van der Waals surface area contributed by atoms with E-state index in [1.165, 1.54) is 0 Å². The Morgan fingerprint density at radius 1 is 1.12 bits per heavy atom. The Bertz CT molecular complexity index is 911. The fraction of sp³-hybridized carbons (Fsp3) is 0.381. The fourth-order valence-electron chi connectivity index (χ4n) is 3.01. The van der Waals surface area contributed by atoms with Crippen LogP contribution in [0.1, 0.15) is 20.3 Å². The predicted molar refractivity (Wildman–Crippen MR) is 112 cm³/mol. The summed E-state index contributed by atoms with van der Waals surface area (Å²) < 4.78 is 5.41. The third-order valence-electron chi connectivity index (χ3n) is 4.81. The average Bonchev–Trinajstić information content (AvgIpc) is 2.63. The number of fused-ring (bicyclic) bond motifs is 2. The largest absolute Gasteiger partial charge is 0.497 e. The van der Waals surface area contributed by atoms with Gasteiger partial charge in [-0.1, -0.05) is 11.6 Å². The Morgan fingerprint density at radius 2 is 1.92 bits per heavy atom. The van der Waals surface area contributed by atoms with Gasteiger partial charge in [-0.2, -0.15) is 0 Å². The highest BCUT2D eigenvalue weighted by atomic mass is 35.5. The van der Waals surface area contributed by atoms with Gasteiger partial charge in [0.1, 0.15) is 5.75 Å². The molecule has 1 N–H and O–H groups in total. The number of nitrogens with one attached hydrogen (secondary N) is 1. The summed E-state index contributed by atoms with van der Waals surface area (Å²) in [5, 5.41) is 6.47. The normalized spacial score (nSPS) is 11.7. The molecule has 0 fully saturated rings. The SMILES string of the molecule is COc1ccc2nc3cc(Cl)ccc3c(NCCCN(C)C(C)C)c2c1. The second-order valence-corrected chi connectivity index (χ2v) is 7.32. The first-order chi connectivity index (χ1) is 12.5. The van der Waals surface area contributed by atoms with Gasteiger partial charge in [0.05, 0.1) is 23.8 Å². The van der Waals surface area contributed by atoms with E-state index in [0.717, 1.165) is 52.8 Å². The van der Waals surface area contributed by atoms with Gasteiger partial charge >= 0.3 is 0 Å². The van der Waals surface area contributed by atoms with E-state index >= 15 is 0 Å². The summed E-state index contributed by atoms with van der Waals surface area (Å²) in [6.07, 6.45) is 1.07. The zero-order chi connectivity index (χ0) is 18.7. The summed E-state index contributed by atoms with van der Waals surface area (Å²) in [6.45, 7) is 6.38. The topological polar surface area (TPSA) is 37.4 Å². The molecule has 0 unspecified atom stereocenters. The van der Waals surface area contributed by atoms with Crippen LogP contribution in [0.25, 0.3) is 21.8 Å². The van der Waals surface area contributed by atoms with Crippen LogP contribution in [0, 0.1) is 0 Å². The molecule has 0 saturated carbocycles. The lowest BCUT2D eigenvalue weighted by molar-refractivity contribution is 0.273. The first-order valence-electron chi connectivity index (χ1n) is 9.00. The van der Waals surface area contributed by atoms with Crippen LogP contribution in [0.2, 0.25) is 5.02 Å². The number of rotatable bonds is 7. The van der Waals surface area contributed by atoms with Crippen LogP contribution in [0.5, 0.6) is 5.75 Å². The maximum Gasteiger partial charge on any atom is 0.119 e. The standard InChI is InChI=1S/C21H26ClN3O/c1-14(2)25(3)11-5-10-23-21-17-8-6-15(22)12-20(17)24-19-9-7-16(26-4)13-18(19)21/h6-9,12-14H,5,10-11H2,1-4H3,(H,23,24). The number of pyridine rings is 1. The van der Waals surface area contributed by atoms with Crippen LogP contribution in [-0.2, 0) is 0 Å². The summed E-state index contributed by atoms with van der Waals surface area (Å²) in [5.74, 6) is 0.829. The molecule has 0 bridgehead atoms. The molecule has 26 heavy (non-hydrogen) atoms. The van der Waals surface area contributed by atoms with Crippen molar-refractivity contribution in [2.45, 2.75) is 26.3 Å². The quantitative estimate of drug-likeness (QED) is 0.458. The Morgan fingerprint density at radius 3 is 2.65 bits per heavy atom. The summed E-state index contributed by atoms with van der Waals surface area (Å²) in [6, 6.07) is 12.4. The smallest absolute Gasteiger partial charge is 0.119 e. The van der Waals surface area contributed by atoms with E-state index in [-0.39, 0.29) is 0 Å². The third kappa shape index (κ3) is 4.02. The van der Waals surface area contributed by atoms with Crippen LogP contribution < -0.4 is 10.1 Å². The molecule has 2 aromatic carbocycles. The number of aromatic nitrogens is 1. The Kier molecular flexibility index (Phi) is 5.84. The van der Waals surface area contributed by atoms with E-state index in [1.807, 2.05) is 36.4 Å². The van der Waals surface area contributed by atoms with E-state index in [9.17, 15) is 0 Å². The number of hydrogen-bond donors (Lipinski definition) is 1. The van der Waals surface area contributed by atoms with Crippen molar-refractivity contribution >= 4 is 39.1 Å². The molecule has 0 amide bonds. The van der Waals surface area contributed by atoms with Gasteiger partial charge in [0.25, 0.3) is 0 Å². The highest BCUT2D eigenvalue weighted by Crippen LogP contribution is 2.34. The van der Waals surface area contributed by atoms with Crippen molar-refractivity contribution in [3.05, 3.63) is 41.4 Å². The maximum absolute atomic E-state index is 6.18. The Hall–Kier alpha value is -2.04. The lowest BCUT2D eigenvalue weighted by Crippen LogP contribution is -2.28. The number of hydrogen-bond acceptors (Lipinski definition) is 4. The second kappa shape index (κ2) is 8.11. The fourth-order valence-corrected chi connectivity index (χ4v) is 3.18. The van der Waals surface area contributed by atoms with Crippen molar-refractivity contribution in [1.29, 1.82) is 0 Å². The van der Waals surface area contributed by atoms with Gasteiger partial charge in [-0.05, 0) is 70.3 Å². The van der Waals surface area contributed by atoms with Gasteiger partial charge in [-0.3, -0.25) is 0 Å². The molecule has 0 aliphatic carbocycles. The molecule has 138 valence electrons. The van der Waals surface area contributed by atoms with Gasteiger partial charge < -0.3 is 15.0 Å². The number of anilines is 1. The van der Waals surface area contributed by atoms with E-state index < -0.39 is 0 Å². The van der Waals surface area contributed by atoms with Crippen LogP contribution in [0.3, 0.4) is 0 Å². The number of ether oxygens (including phenoxy) is 1. The molecule has 1 heterocycles. The molecule has 1 aromatic heterocycles. The highest BCUT2D eigenvalue weighted by Gasteiger charge is 2.11. The minimum absolute atomic E-state index is 0.559. The van der Waals surface area contributed by atoms with Crippen molar-refractivity contribution in [3.63, 3.8) is 0 Å². The van der Waals surface area contributed by atoms with E-state index in [4.69, 9.17) is 21.3 Å². The number of nitrogens with zero attached hydrogens (tertiary/aromatic N) is 2. The molecule has 0 aliphatic heterocycles. The Labute approximate surface area is 160 Å². The van der Waals surface area contributed by atoms with Crippen LogP contribution in [0.4, 0.5) is 5.69 Å². The molecular formula is C21H26ClN3O. The van der Waals surface area contributed by atoms with Crippen LogP contribution >= 0.6 is 11.6 Å². The van der Waals surface area contributed by atoms with E-state index in [0.29, 0.717) is 11.1 Å². The molecule has 3 aromatic rings. The monoisotopic (exact) mass is 371 g/mol. The molecule has 0 aliphatic rings. The minimum atomic E-state index is 0.559. The van der Waals surface area contributed by atoms with E-state index in [2.05, 4.69) is 31.1 Å². The highest BCUT2D eigenvalue weighted by molar-refractivity contribution is 6.31. The molecule has 3 rings (SSSR count). The van der Waals surface area contributed by atoms with Crippen molar-refractivity contribution in [3.8, 4) is 5.75 Å². The second-order valence-electron chi connectivity index (χ2n) is 6.89. The maximum atomic E-state index is 6.18. The van der Waals surface area contributed by atoms with Gasteiger partial charge in [-0.25, -0.2) is 4.98 Å². The zero-order valence-corrected chi connectivity index (χ0v) is 16.6. The first kappa shape index (κ1) is 18.7. The molecule has 0 saturated heterocycles. The lowest BCUT2D eigenvalue weighted by Gasteiger charge is -2.21. The molecule has 0 spiro atoms. The molecule has 0 atom stereocenters. The molecule has 0 radical (unpaired) electrons. The van der Waals surface area contributed by atoms with Crippen molar-refractivity contribution in [2.75, 3.05) is 32.6 Å². The molecule has 4 nitrogen and oxygen atoms in total. The van der Waals surface area contributed by atoms with Crippen molar-refractivity contribution in [2.24, 2.45) is 0 Å². The van der Waals surface area contributed by atoms with Gasteiger partial charge in [-0.15, -0.1) is 0 Å². The average molecular weight is 372 g/mol. The van der Waals surface area contributed by atoms with Gasteiger partial charge in [0.2, 0.25) is 0 Å². The van der Waals surface area contributed by atoms with Crippen molar-refractivity contribution in [1.82, 2.24) is 9.88 Å². The van der Waals surface area contributed by atoms with E-state index in [1.54, 1.807) is 7.11 Å². The first-order valence-corrected chi connectivity index (χ1v) is 9.38. The summed E-state index contributed by atoms with van der Waals surface area (Å²) in [5.41, 5.74) is 2.92. The summed E-state index contributed by atoms with van der Waals surface area (Å²) in [4.78, 5) is 7.12. The molecular weight excluding hydrogens is 346 g/mol. The summed E-state index contributed by atoms with van der Waals surface area (Å²) >= 11 is 6.18. The minimum Gasteiger partial charge on any atom is -0.497 e. The number of halogens is 1. The number of methoxy groups -OCH3 is 1. The van der Waals surface area contributed by atoms with Crippen molar-refractivity contribution < 1.29 is 4.74 Å². The number of benzene rings is 2. The summed E-state index contributed by atoms with van der Waals surface area (Å²) in [7, 11) is 3.85. The van der Waals surface area contributed by atoms with Gasteiger partial charge in [0.15, 0.2) is 0 Å². The van der Waals surface area contributed by atoms with Crippen LogP contribution in [0.15, 0.2) is 36.4 Å². The predicted octanol–water partition coefficient (Wildman–Crippen LogP) is 5.19. The Balaban J connectivity index is 1.96. The van der Waals surface area contributed by atoms with Crippen LogP contribution in [-0.4, -0.2) is 43.2 Å². The van der Waals surface area contributed by atoms with Gasteiger partial charge in [0, 0.05) is 28.4 Å². The third-order valence-corrected chi connectivity index (χ3v) is 5.05. The lowest BCUT2D eigenvalue weighted by atomic mass is 10.1.